The normalized spacial score (nSPS) is 18.4. The topological polar surface area (TPSA) is 84.9 Å². The molecule has 8 heteroatoms. The molecule has 0 spiro atoms. The molecule has 4 aromatic rings. The Balaban J connectivity index is 1.34. The first-order chi connectivity index (χ1) is 16.5. The van der Waals surface area contributed by atoms with Crippen molar-refractivity contribution in [1.82, 2.24) is 15.0 Å². The lowest BCUT2D eigenvalue weighted by Crippen LogP contribution is -2.40. The van der Waals surface area contributed by atoms with Gasteiger partial charge in [-0.25, -0.2) is 13.4 Å². The Morgan fingerprint density at radius 2 is 1.51 bits per heavy atom. The maximum absolute atomic E-state index is 11.7. The Bertz CT molecular complexity index is 1480. The number of rotatable bonds is 5. The number of benzene rings is 2. The van der Waals surface area contributed by atoms with E-state index >= 15 is 0 Å². The van der Waals surface area contributed by atoms with Gasteiger partial charge in [-0.2, -0.15) is 4.98 Å². The van der Waals surface area contributed by atoms with Crippen LogP contribution in [0.1, 0.15) is 33.6 Å². The molecule has 0 radical (unpaired) electrons. The minimum atomic E-state index is -3.22. The van der Waals surface area contributed by atoms with Crippen molar-refractivity contribution in [2.45, 2.75) is 44.6 Å². The zero-order valence-electron chi connectivity index (χ0n) is 20.2. The van der Waals surface area contributed by atoms with Crippen molar-refractivity contribution in [1.29, 1.82) is 0 Å². The van der Waals surface area contributed by atoms with Gasteiger partial charge in [0.2, 0.25) is 0 Å². The first kappa shape index (κ1) is 23.8. The van der Waals surface area contributed by atoms with E-state index in [-0.39, 0.29) is 6.10 Å². The fourth-order valence-electron chi connectivity index (χ4n) is 4.40. The van der Waals surface area contributed by atoms with Crippen LogP contribution in [-0.4, -0.2) is 35.7 Å². The van der Waals surface area contributed by atoms with E-state index in [2.05, 4.69) is 30.7 Å². The number of imidazole rings is 1. The number of aromatic amines is 1. The van der Waals surface area contributed by atoms with Gasteiger partial charge < -0.3 is 9.72 Å². The predicted molar refractivity (Wildman–Crippen MR) is 139 cm³/mol. The van der Waals surface area contributed by atoms with E-state index in [9.17, 15) is 8.42 Å². The summed E-state index contributed by atoms with van der Waals surface area (Å²) in [6, 6.07) is 17.0. The summed E-state index contributed by atoms with van der Waals surface area (Å²) < 4.78 is 29.4. The number of sulfone groups is 1. The molecule has 1 fully saturated rings. The van der Waals surface area contributed by atoms with Crippen LogP contribution in [0.4, 0.5) is 0 Å². The summed E-state index contributed by atoms with van der Waals surface area (Å²) in [5, 5.41) is 0.523. The van der Waals surface area contributed by atoms with Crippen molar-refractivity contribution in [2.24, 2.45) is 11.3 Å². The first-order valence-corrected chi connectivity index (χ1v) is 13.9. The van der Waals surface area contributed by atoms with Crippen molar-refractivity contribution in [3.05, 3.63) is 59.6 Å². The SMILES string of the molecule is CC(C)(C)C1CC(Oc2nc3nc(-c4ccc(-c5ccc(S(C)(=O)=O)cc5)cc4)c(Cl)cc3[nH]2)C1. The highest BCUT2D eigenvalue weighted by atomic mass is 35.5. The van der Waals surface area contributed by atoms with Crippen molar-refractivity contribution in [3.63, 3.8) is 0 Å². The molecule has 182 valence electrons. The fraction of sp³-hybridized carbons (Fsp3) is 0.333. The summed E-state index contributed by atoms with van der Waals surface area (Å²) in [7, 11) is -3.22. The quantitative estimate of drug-likeness (QED) is 0.329. The van der Waals surface area contributed by atoms with E-state index in [1.165, 1.54) is 6.26 Å². The maximum Gasteiger partial charge on any atom is 0.296 e. The Labute approximate surface area is 210 Å². The predicted octanol–water partition coefficient (Wildman–Crippen LogP) is 6.55. The van der Waals surface area contributed by atoms with Gasteiger partial charge in [0.25, 0.3) is 6.01 Å². The summed E-state index contributed by atoms with van der Waals surface area (Å²) in [5.41, 5.74) is 5.01. The Hall–Kier alpha value is -2.90. The summed E-state index contributed by atoms with van der Waals surface area (Å²) in [5.74, 6) is 0.664. The summed E-state index contributed by atoms with van der Waals surface area (Å²) >= 11 is 6.57. The van der Waals surface area contributed by atoms with E-state index in [0.717, 1.165) is 35.0 Å². The molecule has 2 aromatic heterocycles. The van der Waals surface area contributed by atoms with E-state index in [1.807, 2.05) is 30.3 Å². The van der Waals surface area contributed by atoms with Crippen molar-refractivity contribution in [2.75, 3.05) is 6.26 Å². The number of hydrogen-bond donors (Lipinski definition) is 1. The third-order valence-corrected chi connectivity index (χ3v) is 8.19. The van der Waals surface area contributed by atoms with Crippen LogP contribution in [0.5, 0.6) is 6.01 Å². The number of ether oxygens (including phenoxy) is 1. The van der Waals surface area contributed by atoms with Crippen LogP contribution >= 0.6 is 11.6 Å². The molecule has 6 nitrogen and oxygen atoms in total. The molecule has 35 heavy (non-hydrogen) atoms. The largest absolute Gasteiger partial charge is 0.461 e. The molecular formula is C27H28ClN3O3S. The van der Waals surface area contributed by atoms with Crippen LogP contribution in [0, 0.1) is 11.3 Å². The fourth-order valence-corrected chi connectivity index (χ4v) is 5.29. The number of nitrogens with one attached hydrogen (secondary N) is 1. The van der Waals surface area contributed by atoms with E-state index in [1.54, 1.807) is 24.3 Å². The lowest BCUT2D eigenvalue weighted by molar-refractivity contribution is 0.00270. The molecule has 0 bridgehead atoms. The monoisotopic (exact) mass is 509 g/mol. The lowest BCUT2D eigenvalue weighted by Gasteiger charge is -2.42. The van der Waals surface area contributed by atoms with Gasteiger partial charge >= 0.3 is 0 Å². The molecular weight excluding hydrogens is 482 g/mol. The second-order valence-corrected chi connectivity index (χ2v) is 12.8. The minimum Gasteiger partial charge on any atom is -0.461 e. The van der Waals surface area contributed by atoms with Crippen LogP contribution in [0.15, 0.2) is 59.5 Å². The molecule has 0 amide bonds. The molecule has 0 aliphatic heterocycles. The van der Waals surface area contributed by atoms with Gasteiger partial charge in [0, 0.05) is 11.8 Å². The molecule has 2 aromatic carbocycles. The zero-order chi connectivity index (χ0) is 25.0. The number of H-pyrrole nitrogens is 1. The van der Waals surface area contributed by atoms with Crippen LogP contribution in [-0.2, 0) is 9.84 Å². The van der Waals surface area contributed by atoms with Crippen LogP contribution in [0.2, 0.25) is 5.02 Å². The first-order valence-electron chi connectivity index (χ1n) is 11.6. The Kier molecular flexibility index (Phi) is 5.88. The maximum atomic E-state index is 11.7. The van der Waals surface area contributed by atoms with E-state index in [0.29, 0.717) is 38.6 Å². The standard InChI is InChI=1S/C27H28ClN3O3S/c1-27(2,3)19-13-20(14-19)34-26-29-23-15-22(28)24(30-25(23)31-26)18-7-5-16(6-8-18)17-9-11-21(12-10-17)35(4,32)33/h5-12,15,19-20H,13-14H2,1-4H3,(H,29,30,31). The molecule has 1 aliphatic carbocycles. The molecule has 5 rings (SSSR count). The van der Waals surface area contributed by atoms with Gasteiger partial charge in [-0.1, -0.05) is 68.8 Å². The lowest BCUT2D eigenvalue weighted by atomic mass is 9.67. The summed E-state index contributed by atoms with van der Waals surface area (Å²) in [4.78, 5) is 12.7. The summed E-state index contributed by atoms with van der Waals surface area (Å²) in [6.45, 7) is 6.80. The number of halogens is 1. The van der Waals surface area contributed by atoms with Crippen LogP contribution in [0.3, 0.4) is 0 Å². The second kappa shape index (κ2) is 8.64. The Morgan fingerprint density at radius 1 is 0.943 bits per heavy atom. The number of fused-ring (bicyclic) bond motifs is 1. The van der Waals surface area contributed by atoms with Gasteiger partial charge in [-0.05, 0) is 53.5 Å². The number of pyridine rings is 1. The molecule has 1 aliphatic rings. The molecule has 0 saturated heterocycles. The van der Waals surface area contributed by atoms with Gasteiger partial charge in [0.05, 0.1) is 21.1 Å². The highest BCUT2D eigenvalue weighted by molar-refractivity contribution is 7.90. The van der Waals surface area contributed by atoms with Crippen LogP contribution < -0.4 is 4.74 Å². The number of nitrogens with zero attached hydrogens (tertiary/aromatic N) is 2. The molecule has 1 saturated carbocycles. The number of hydrogen-bond acceptors (Lipinski definition) is 5. The minimum absolute atomic E-state index is 0.175. The van der Waals surface area contributed by atoms with Gasteiger partial charge in [0.15, 0.2) is 15.5 Å². The number of aromatic nitrogens is 3. The van der Waals surface area contributed by atoms with Gasteiger partial charge in [0.1, 0.15) is 6.10 Å². The average molecular weight is 510 g/mol. The van der Waals surface area contributed by atoms with Gasteiger partial charge in [-0.15, -0.1) is 0 Å². The van der Waals surface area contributed by atoms with Crippen molar-refractivity contribution in [3.8, 4) is 28.4 Å². The van der Waals surface area contributed by atoms with Gasteiger partial charge in [-0.3, -0.25) is 0 Å². The van der Waals surface area contributed by atoms with Crippen molar-refractivity contribution >= 4 is 32.6 Å². The van der Waals surface area contributed by atoms with E-state index < -0.39 is 9.84 Å². The summed E-state index contributed by atoms with van der Waals surface area (Å²) in [6.07, 6.45) is 3.44. The molecule has 1 N–H and O–H groups in total. The molecule has 0 unspecified atom stereocenters. The Morgan fingerprint density at radius 3 is 2.09 bits per heavy atom. The average Bonchev–Trinajstić information content (AvgIpc) is 3.15. The smallest absolute Gasteiger partial charge is 0.296 e. The highest BCUT2D eigenvalue weighted by Gasteiger charge is 2.38. The van der Waals surface area contributed by atoms with Crippen molar-refractivity contribution < 1.29 is 13.2 Å². The highest BCUT2D eigenvalue weighted by Crippen LogP contribution is 2.43. The molecule has 0 atom stereocenters. The van der Waals surface area contributed by atoms with E-state index in [4.69, 9.17) is 21.3 Å². The zero-order valence-corrected chi connectivity index (χ0v) is 21.7. The third kappa shape index (κ3) is 4.93. The third-order valence-electron chi connectivity index (χ3n) is 6.78. The second-order valence-electron chi connectivity index (χ2n) is 10.4. The van der Waals surface area contributed by atoms with Crippen LogP contribution in [0.25, 0.3) is 33.5 Å². The molecule has 2 heterocycles.